The Morgan fingerprint density at radius 1 is 1.31 bits per heavy atom. The van der Waals surface area contributed by atoms with Crippen LogP contribution in [0.25, 0.3) is 0 Å². The molecule has 70 valence electrons. The predicted octanol–water partition coefficient (Wildman–Crippen LogP) is 2.54. The van der Waals surface area contributed by atoms with Crippen LogP contribution in [0.4, 0.5) is 0 Å². The summed E-state index contributed by atoms with van der Waals surface area (Å²) in [5.41, 5.74) is 0.234. The molecule has 0 fully saturated rings. The Labute approximate surface area is 88.3 Å². The highest BCUT2D eigenvalue weighted by atomic mass is 35.5. The van der Waals surface area contributed by atoms with Crippen molar-refractivity contribution in [3.8, 4) is 0 Å². The molecule has 1 atom stereocenters. The smallest absolute Gasteiger partial charge is 0.153 e. The number of rotatable bonds is 2. The van der Waals surface area contributed by atoms with E-state index in [1.807, 2.05) is 0 Å². The molecule has 13 heavy (non-hydrogen) atoms. The fourth-order valence-corrected chi connectivity index (χ4v) is 2.11. The van der Waals surface area contributed by atoms with Gasteiger partial charge in [0.25, 0.3) is 0 Å². The third-order valence-corrected chi connectivity index (χ3v) is 3.03. The average molecular weight is 237 g/mol. The van der Waals surface area contributed by atoms with Gasteiger partial charge in [-0.15, -0.1) is 0 Å². The molecule has 0 bridgehead atoms. The van der Waals surface area contributed by atoms with Crippen LogP contribution in [0.15, 0.2) is 17.0 Å². The summed E-state index contributed by atoms with van der Waals surface area (Å²) in [6.45, 7) is 0. The fourth-order valence-electron chi connectivity index (χ4n) is 0.840. The average Bonchev–Trinajstić information content (AvgIpc) is 2.03. The maximum Gasteiger partial charge on any atom is 0.153 e. The highest BCUT2D eigenvalue weighted by Gasteiger charge is 2.08. The van der Waals surface area contributed by atoms with Gasteiger partial charge in [-0.25, -0.2) is 0 Å². The van der Waals surface area contributed by atoms with E-state index in [0.29, 0.717) is 11.2 Å². The molecule has 0 aliphatic rings. The minimum Gasteiger partial charge on any atom is -0.298 e. The second kappa shape index (κ2) is 4.22. The van der Waals surface area contributed by atoms with Crippen LogP contribution in [-0.4, -0.2) is 16.8 Å². The van der Waals surface area contributed by atoms with Gasteiger partial charge >= 0.3 is 0 Å². The number of hydrogen-bond donors (Lipinski definition) is 0. The molecule has 1 unspecified atom stereocenters. The van der Waals surface area contributed by atoms with Crippen molar-refractivity contribution in [3.05, 3.63) is 27.7 Å². The minimum absolute atomic E-state index is 0.229. The molecule has 0 heterocycles. The van der Waals surface area contributed by atoms with Gasteiger partial charge in [0, 0.05) is 22.0 Å². The van der Waals surface area contributed by atoms with Crippen molar-refractivity contribution in [2.24, 2.45) is 0 Å². The molecule has 0 N–H and O–H groups in total. The first-order valence-electron chi connectivity index (χ1n) is 3.34. The van der Waals surface area contributed by atoms with Gasteiger partial charge in [0.05, 0.1) is 15.6 Å². The van der Waals surface area contributed by atoms with Gasteiger partial charge < -0.3 is 0 Å². The van der Waals surface area contributed by atoms with E-state index in [1.165, 1.54) is 18.4 Å². The first kappa shape index (κ1) is 10.7. The van der Waals surface area contributed by atoms with Crippen LogP contribution in [0.1, 0.15) is 10.4 Å². The molecule has 0 spiro atoms. The first-order valence-corrected chi connectivity index (χ1v) is 5.65. The molecular formula is C8H6Cl2O2S. The van der Waals surface area contributed by atoms with E-state index in [9.17, 15) is 9.00 Å². The summed E-state index contributed by atoms with van der Waals surface area (Å²) in [6, 6.07) is 2.96. The summed E-state index contributed by atoms with van der Waals surface area (Å²) in [4.78, 5) is 11.0. The van der Waals surface area contributed by atoms with E-state index in [0.717, 1.165) is 0 Å². The normalized spacial score (nSPS) is 12.5. The lowest BCUT2D eigenvalue weighted by atomic mass is 10.2. The largest absolute Gasteiger partial charge is 0.298 e. The Balaban J connectivity index is 3.36. The van der Waals surface area contributed by atoms with Gasteiger partial charge in [0.1, 0.15) is 0 Å². The zero-order valence-electron chi connectivity index (χ0n) is 6.71. The van der Waals surface area contributed by atoms with Crippen LogP contribution in [0.3, 0.4) is 0 Å². The Morgan fingerprint density at radius 2 is 1.77 bits per heavy atom. The van der Waals surface area contributed by atoms with Crippen LogP contribution in [0.2, 0.25) is 10.0 Å². The SMILES string of the molecule is CS(=O)c1cc(Cl)c(C=O)c(Cl)c1. The molecule has 0 aromatic heterocycles. The summed E-state index contributed by atoms with van der Waals surface area (Å²) >= 11 is 11.5. The van der Waals surface area contributed by atoms with E-state index < -0.39 is 10.8 Å². The maximum atomic E-state index is 11.1. The van der Waals surface area contributed by atoms with Crippen LogP contribution < -0.4 is 0 Å². The Bertz CT molecular complexity index is 353. The van der Waals surface area contributed by atoms with Crippen LogP contribution in [-0.2, 0) is 10.8 Å². The van der Waals surface area contributed by atoms with Crippen molar-refractivity contribution < 1.29 is 9.00 Å². The third-order valence-electron chi connectivity index (χ3n) is 1.50. The molecule has 5 heteroatoms. The van der Waals surface area contributed by atoms with E-state index >= 15 is 0 Å². The van der Waals surface area contributed by atoms with Crippen molar-refractivity contribution in [1.29, 1.82) is 0 Å². The number of aldehydes is 1. The lowest BCUT2D eigenvalue weighted by molar-refractivity contribution is 0.112. The molecule has 0 saturated heterocycles. The molecule has 1 aromatic carbocycles. The summed E-state index contributed by atoms with van der Waals surface area (Å²) in [5.74, 6) is 0. The number of carbonyl (C=O) groups excluding carboxylic acids is 1. The Morgan fingerprint density at radius 3 is 2.08 bits per heavy atom. The topological polar surface area (TPSA) is 34.1 Å². The van der Waals surface area contributed by atoms with Crippen molar-refractivity contribution in [2.45, 2.75) is 4.90 Å². The number of carbonyl (C=O) groups is 1. The number of hydrogen-bond acceptors (Lipinski definition) is 2. The van der Waals surface area contributed by atoms with E-state index in [4.69, 9.17) is 23.2 Å². The molecular weight excluding hydrogens is 231 g/mol. The summed E-state index contributed by atoms with van der Waals surface area (Å²) in [7, 11) is -1.14. The van der Waals surface area contributed by atoms with E-state index in [2.05, 4.69) is 0 Å². The van der Waals surface area contributed by atoms with Gasteiger partial charge in [-0.3, -0.25) is 9.00 Å². The van der Waals surface area contributed by atoms with Gasteiger partial charge in [-0.1, -0.05) is 23.2 Å². The van der Waals surface area contributed by atoms with Gasteiger partial charge in [0.2, 0.25) is 0 Å². The second-order valence-electron chi connectivity index (χ2n) is 2.37. The van der Waals surface area contributed by atoms with Gasteiger partial charge in [-0.05, 0) is 12.1 Å². The molecule has 1 rings (SSSR count). The highest BCUT2D eigenvalue weighted by molar-refractivity contribution is 7.84. The van der Waals surface area contributed by atoms with Crippen molar-refractivity contribution in [3.63, 3.8) is 0 Å². The zero-order chi connectivity index (χ0) is 10.0. The quantitative estimate of drug-likeness (QED) is 0.740. The monoisotopic (exact) mass is 236 g/mol. The van der Waals surface area contributed by atoms with Crippen LogP contribution in [0, 0.1) is 0 Å². The van der Waals surface area contributed by atoms with E-state index in [-0.39, 0.29) is 15.6 Å². The lowest BCUT2D eigenvalue weighted by Crippen LogP contribution is -1.91. The summed E-state index contributed by atoms with van der Waals surface area (Å²) < 4.78 is 11.1. The van der Waals surface area contributed by atoms with E-state index in [1.54, 1.807) is 0 Å². The Kier molecular flexibility index (Phi) is 3.47. The molecule has 1 aromatic rings. The summed E-state index contributed by atoms with van der Waals surface area (Å²) in [5, 5.41) is 0.459. The van der Waals surface area contributed by atoms with Crippen LogP contribution >= 0.6 is 23.2 Å². The predicted molar refractivity (Wildman–Crippen MR) is 54.2 cm³/mol. The minimum atomic E-state index is -1.14. The van der Waals surface area contributed by atoms with Gasteiger partial charge in [0.15, 0.2) is 6.29 Å². The zero-order valence-corrected chi connectivity index (χ0v) is 9.04. The molecule has 2 nitrogen and oxygen atoms in total. The van der Waals surface area contributed by atoms with Crippen LogP contribution in [0.5, 0.6) is 0 Å². The molecule has 0 aliphatic heterocycles. The Hall–Kier alpha value is -0.380. The summed E-state index contributed by atoms with van der Waals surface area (Å²) in [6.07, 6.45) is 2.09. The highest BCUT2D eigenvalue weighted by Crippen LogP contribution is 2.26. The molecule has 0 radical (unpaired) electrons. The number of benzene rings is 1. The molecule has 0 saturated carbocycles. The molecule has 0 aliphatic carbocycles. The van der Waals surface area contributed by atoms with Crippen molar-refractivity contribution in [2.75, 3.05) is 6.26 Å². The lowest BCUT2D eigenvalue weighted by Gasteiger charge is -2.02. The fraction of sp³-hybridized carbons (Fsp3) is 0.125. The maximum absolute atomic E-state index is 11.1. The first-order chi connectivity index (χ1) is 6.06. The number of halogens is 2. The van der Waals surface area contributed by atoms with Gasteiger partial charge in [-0.2, -0.15) is 0 Å². The molecule has 0 amide bonds. The standard InChI is InChI=1S/C8H6Cl2O2S/c1-13(12)5-2-7(9)6(4-11)8(10)3-5/h2-4H,1H3. The van der Waals surface area contributed by atoms with Crippen molar-refractivity contribution >= 4 is 40.3 Å². The third kappa shape index (κ3) is 2.30. The second-order valence-corrected chi connectivity index (χ2v) is 4.57. The van der Waals surface area contributed by atoms with Crippen molar-refractivity contribution in [1.82, 2.24) is 0 Å².